The van der Waals surface area contributed by atoms with Crippen molar-refractivity contribution in [2.45, 2.75) is 136 Å². The van der Waals surface area contributed by atoms with Gasteiger partial charge in [0.25, 0.3) is 17.4 Å². The van der Waals surface area contributed by atoms with Crippen LogP contribution in [0.4, 0.5) is 15.3 Å². The van der Waals surface area contributed by atoms with Crippen LogP contribution in [0.3, 0.4) is 0 Å². The molecule has 28 nitrogen and oxygen atoms in total. The highest BCUT2D eigenvalue weighted by atomic mass is 16.6. The van der Waals surface area contributed by atoms with E-state index in [-0.39, 0.29) is 128 Å². The predicted molar refractivity (Wildman–Crippen MR) is 334 cm³/mol. The maximum absolute atomic E-state index is 14.0. The summed E-state index contributed by atoms with van der Waals surface area (Å²) in [5.41, 5.74) is 2.01. The third-order valence-electron chi connectivity index (χ3n) is 15.7. The van der Waals surface area contributed by atoms with Crippen LogP contribution in [0.5, 0.6) is 5.75 Å². The van der Waals surface area contributed by atoms with Crippen LogP contribution < -0.4 is 42.2 Å². The van der Waals surface area contributed by atoms with Crippen molar-refractivity contribution in [2.75, 3.05) is 84.4 Å². The summed E-state index contributed by atoms with van der Waals surface area (Å²) in [7, 11) is 0. The highest BCUT2D eigenvalue weighted by Gasteiger charge is 2.46. The van der Waals surface area contributed by atoms with Crippen LogP contribution in [0, 0.1) is 5.92 Å². The molecule has 3 atom stereocenters. The number of hydrogen-bond donors (Lipinski definition) is 7. The molecule has 4 aliphatic rings. The molecule has 0 fully saturated rings. The van der Waals surface area contributed by atoms with Crippen molar-refractivity contribution in [1.82, 2.24) is 41.0 Å². The smallest absolute Gasteiger partial charge is 0.407 e. The summed E-state index contributed by atoms with van der Waals surface area (Å²) in [4.78, 5) is 135. The van der Waals surface area contributed by atoms with Gasteiger partial charge in [-0.3, -0.25) is 38.5 Å². The lowest BCUT2D eigenvalue weighted by atomic mass is 9.86. The van der Waals surface area contributed by atoms with Gasteiger partial charge in [-0.1, -0.05) is 32.9 Å². The SMILES string of the molecule is CC[C@@]1(O)C(=O)OCc2c1cc1n(c2=O)Cc2c-1nc1cc3c(cc1c2CNC(=O)OCc1ccc(NC(=O)[C@H](CCCCNC(=O)OC(C)(C)C)NC(=O)[C@@H](NC(=O)CCOCCOCCOCCOCCNC(=O)CCN2C(=O)C=CC2=O)C(C)C)cc1)CCO3. The van der Waals surface area contributed by atoms with E-state index >= 15 is 0 Å². The zero-order valence-electron chi connectivity index (χ0n) is 53.3. The first-order valence-corrected chi connectivity index (χ1v) is 31.3. The van der Waals surface area contributed by atoms with E-state index in [1.807, 2.05) is 12.1 Å². The molecule has 2 aromatic carbocycles. The summed E-state index contributed by atoms with van der Waals surface area (Å²) >= 11 is 0. The topological polar surface area (TPSA) is 358 Å². The monoisotopic (exact) mass is 1290 g/mol. The van der Waals surface area contributed by atoms with Gasteiger partial charge >= 0.3 is 18.2 Å². The van der Waals surface area contributed by atoms with Crippen molar-refractivity contribution < 1.29 is 86.2 Å². The Morgan fingerprint density at radius 3 is 2.12 bits per heavy atom. The quantitative estimate of drug-likeness (QED) is 0.0134. The van der Waals surface area contributed by atoms with E-state index in [2.05, 4.69) is 31.9 Å². The minimum Gasteiger partial charge on any atom is -0.493 e. The third kappa shape index (κ3) is 18.9. The van der Waals surface area contributed by atoms with Gasteiger partial charge in [0, 0.05) is 85.9 Å². The molecule has 28 heteroatoms. The number of imide groups is 1. The molecule has 4 aliphatic heterocycles. The number of aliphatic hydroxyl groups is 1. The number of aromatic nitrogens is 2. The number of esters is 1. The van der Waals surface area contributed by atoms with E-state index in [1.54, 1.807) is 71.9 Å². The molecule has 7 N–H and O–H groups in total. The molecular formula is C65H83N9O19. The molecule has 93 heavy (non-hydrogen) atoms. The second kappa shape index (κ2) is 32.6. The first kappa shape index (κ1) is 70.0. The molecule has 0 saturated heterocycles. The molecular weight excluding hydrogens is 1210 g/mol. The Bertz CT molecular complexity index is 3490. The molecule has 0 aliphatic carbocycles. The first-order chi connectivity index (χ1) is 44.5. The van der Waals surface area contributed by atoms with E-state index in [0.29, 0.717) is 90.7 Å². The number of fused-ring (bicyclic) bond motifs is 6. The highest BCUT2D eigenvalue weighted by molar-refractivity contribution is 6.13. The van der Waals surface area contributed by atoms with Crippen LogP contribution in [-0.2, 0) is 105 Å². The number of rotatable bonds is 34. The van der Waals surface area contributed by atoms with Crippen molar-refractivity contribution in [1.29, 1.82) is 0 Å². The van der Waals surface area contributed by atoms with Gasteiger partial charge in [-0.15, -0.1) is 0 Å². The Morgan fingerprint density at radius 2 is 1.44 bits per heavy atom. The standard InChI is InChI=1S/C65H83N9O19/c1-7-65(85)47-33-50-57-45(36-74(50)60(81)46(47)38-91-61(65)82)44(43-32-41-18-24-90-51(41)34-49(43)70-57)35-68-62(83)92-37-40-11-13-42(14-12-40)69-58(79)48(10-8-9-20-67-63(84)93-64(4,5)6)71-59(80)56(39(2)3)72-53(76)19-23-86-26-28-88-30-31-89-29-27-87-25-21-66-52(75)17-22-73-54(77)15-16-55(73)78/h11-16,32-34,39,48,56,85H,7-10,17-31,35-38H2,1-6H3,(H,66,75)(H,67,84)(H,68,83)(H,69,79)(H,71,80)(H,72,76)/t48-,56-,65-/m0/s1. The zero-order valence-corrected chi connectivity index (χ0v) is 53.3. The number of nitrogens with zero attached hydrogens (tertiary/aromatic N) is 3. The van der Waals surface area contributed by atoms with Gasteiger partial charge in [0.15, 0.2) is 5.60 Å². The van der Waals surface area contributed by atoms with Gasteiger partial charge in [-0.05, 0) is 93.3 Å². The van der Waals surface area contributed by atoms with E-state index < -0.39 is 76.5 Å². The number of pyridine rings is 2. The van der Waals surface area contributed by atoms with Gasteiger partial charge in [0.05, 0.1) is 88.5 Å². The van der Waals surface area contributed by atoms with Gasteiger partial charge in [-0.25, -0.2) is 19.4 Å². The molecule has 6 heterocycles. The van der Waals surface area contributed by atoms with Gasteiger partial charge in [-0.2, -0.15) is 0 Å². The molecule has 2 aromatic heterocycles. The number of carbonyl (C=O) groups is 9. The number of amides is 8. The summed E-state index contributed by atoms with van der Waals surface area (Å²) in [6.45, 7) is 13.0. The average molecular weight is 1290 g/mol. The minimum atomic E-state index is -2.01. The molecule has 0 radical (unpaired) electrons. The number of nitrogens with one attached hydrogen (secondary N) is 6. The Labute approximate surface area is 537 Å². The fraction of sp³-hybridized carbons (Fsp3) is 0.523. The maximum atomic E-state index is 14.0. The number of alkyl carbamates (subject to hydrolysis) is 2. The summed E-state index contributed by atoms with van der Waals surface area (Å²) in [6, 6.07) is 9.95. The highest BCUT2D eigenvalue weighted by Crippen LogP contribution is 2.42. The lowest BCUT2D eigenvalue weighted by Gasteiger charge is -2.31. The van der Waals surface area contributed by atoms with Crippen LogP contribution in [0.25, 0.3) is 22.3 Å². The van der Waals surface area contributed by atoms with Crippen molar-refractivity contribution >= 4 is 70.2 Å². The molecule has 8 rings (SSSR count). The van der Waals surface area contributed by atoms with Gasteiger partial charge in [0.2, 0.25) is 23.6 Å². The number of hydrogen-bond acceptors (Lipinski definition) is 20. The minimum absolute atomic E-state index is 0.00488. The lowest BCUT2D eigenvalue weighted by molar-refractivity contribution is -0.172. The molecule has 0 spiro atoms. The number of benzene rings is 2. The maximum Gasteiger partial charge on any atom is 0.407 e. The lowest BCUT2D eigenvalue weighted by Crippen LogP contribution is -2.54. The number of cyclic esters (lactones) is 1. The fourth-order valence-electron chi connectivity index (χ4n) is 10.7. The molecule has 0 bridgehead atoms. The average Bonchev–Trinajstić information content (AvgIpc) is 1.62. The molecule has 8 amide bonds. The fourth-order valence-corrected chi connectivity index (χ4v) is 10.7. The van der Waals surface area contributed by atoms with Crippen molar-refractivity contribution in [3.63, 3.8) is 0 Å². The Morgan fingerprint density at radius 1 is 0.753 bits per heavy atom. The zero-order chi connectivity index (χ0) is 66.8. The van der Waals surface area contributed by atoms with E-state index in [9.17, 15) is 53.1 Å². The van der Waals surface area contributed by atoms with Gasteiger partial charge < -0.3 is 79.5 Å². The van der Waals surface area contributed by atoms with E-state index in [0.717, 1.165) is 15.8 Å². The van der Waals surface area contributed by atoms with Crippen LogP contribution in [0.1, 0.15) is 113 Å². The summed E-state index contributed by atoms with van der Waals surface area (Å²) in [5, 5.41) is 28.9. The Balaban J connectivity index is 0.777. The normalized spacial score (nSPS) is 16.0. The van der Waals surface area contributed by atoms with E-state index in [4.69, 9.17) is 42.9 Å². The molecule has 502 valence electrons. The molecule has 4 aromatic rings. The third-order valence-corrected chi connectivity index (χ3v) is 15.7. The van der Waals surface area contributed by atoms with Crippen molar-refractivity contribution in [2.24, 2.45) is 5.92 Å². The summed E-state index contributed by atoms with van der Waals surface area (Å²) in [5.74, 6) is -3.27. The summed E-state index contributed by atoms with van der Waals surface area (Å²) in [6.07, 6.45) is 2.64. The number of ether oxygens (including phenoxy) is 8. The Kier molecular flexibility index (Phi) is 24.6. The number of carbonyl (C=O) groups excluding carboxylic acids is 9. The van der Waals surface area contributed by atoms with Crippen LogP contribution in [0.15, 0.2) is 59.4 Å². The molecule has 0 saturated carbocycles. The van der Waals surface area contributed by atoms with Crippen LogP contribution >= 0.6 is 0 Å². The second-order valence-electron chi connectivity index (χ2n) is 23.9. The Hall–Kier alpha value is -8.83. The number of unbranched alkanes of at least 4 members (excludes halogenated alkanes) is 1. The van der Waals surface area contributed by atoms with Crippen LogP contribution in [0.2, 0.25) is 0 Å². The predicted octanol–water partition coefficient (Wildman–Crippen LogP) is 3.59. The van der Waals surface area contributed by atoms with Crippen molar-refractivity contribution in [3.05, 3.63) is 98.4 Å². The van der Waals surface area contributed by atoms with Crippen molar-refractivity contribution in [3.8, 4) is 17.1 Å². The van der Waals surface area contributed by atoms with Crippen LogP contribution in [-0.4, -0.2) is 170 Å². The summed E-state index contributed by atoms with van der Waals surface area (Å²) < 4.78 is 45.7. The molecule has 0 unspecified atom stereocenters. The first-order valence-electron chi connectivity index (χ1n) is 31.3. The second-order valence-corrected chi connectivity index (χ2v) is 23.9. The largest absolute Gasteiger partial charge is 0.493 e. The van der Waals surface area contributed by atoms with Gasteiger partial charge in [0.1, 0.15) is 36.6 Å². The number of anilines is 1. The van der Waals surface area contributed by atoms with E-state index in [1.165, 1.54) is 16.7 Å².